The van der Waals surface area contributed by atoms with Crippen molar-refractivity contribution in [2.45, 2.75) is 18.5 Å². The highest BCUT2D eigenvalue weighted by atomic mass is 16.1. The lowest BCUT2D eigenvalue weighted by Crippen LogP contribution is -2.43. The van der Waals surface area contributed by atoms with E-state index in [4.69, 9.17) is 0 Å². The fraction of sp³-hybridized carbons (Fsp3) is 0.261. The minimum absolute atomic E-state index is 0.0746. The second-order valence-corrected chi connectivity index (χ2v) is 7.48. The van der Waals surface area contributed by atoms with E-state index >= 15 is 0 Å². The third-order valence-corrected chi connectivity index (χ3v) is 6.17. The highest BCUT2D eigenvalue weighted by molar-refractivity contribution is 6.01. The van der Waals surface area contributed by atoms with E-state index in [2.05, 4.69) is 28.1 Å². The Morgan fingerprint density at radius 3 is 2.46 bits per heavy atom. The van der Waals surface area contributed by atoms with Gasteiger partial charge in [-0.25, -0.2) is 0 Å². The minimum Gasteiger partial charge on any atom is -0.357 e. The van der Waals surface area contributed by atoms with Gasteiger partial charge in [-0.15, -0.1) is 0 Å². The molecular weight excluding hydrogens is 348 g/mol. The number of aromatic amines is 1. The van der Waals surface area contributed by atoms with Crippen LogP contribution < -0.4 is 0 Å². The van der Waals surface area contributed by atoms with E-state index in [0.717, 1.165) is 17.6 Å². The molecule has 4 atom stereocenters. The van der Waals surface area contributed by atoms with Crippen LogP contribution in [0, 0.1) is 34.5 Å². The van der Waals surface area contributed by atoms with Gasteiger partial charge in [0.15, 0.2) is 5.78 Å². The Morgan fingerprint density at radius 1 is 1.00 bits per heavy atom. The van der Waals surface area contributed by atoms with Gasteiger partial charge in [0.2, 0.25) is 0 Å². The number of hydrogen-bond acceptors (Lipinski definition) is 4. The van der Waals surface area contributed by atoms with Gasteiger partial charge in [0.1, 0.15) is 0 Å². The zero-order chi connectivity index (χ0) is 19.3. The third-order valence-electron chi connectivity index (χ3n) is 6.17. The number of nitrogens with zero attached hydrogens (tertiary/aromatic N) is 3. The summed E-state index contributed by atoms with van der Waals surface area (Å²) in [6, 6.07) is 21.0. The first kappa shape index (κ1) is 16.7. The van der Waals surface area contributed by atoms with Crippen LogP contribution in [0.3, 0.4) is 0 Å². The molecule has 5 nitrogen and oxygen atoms in total. The molecule has 0 unspecified atom stereocenters. The topological polar surface area (TPSA) is 83.7 Å². The Labute approximate surface area is 162 Å². The molecule has 0 saturated carbocycles. The van der Waals surface area contributed by atoms with Gasteiger partial charge in [0.25, 0.3) is 0 Å². The number of Topliss-reactive ketones (excluding diaryl/α,β-unsaturated/α-hetero) is 1. The molecule has 0 aliphatic carbocycles. The minimum atomic E-state index is -0.653. The summed E-state index contributed by atoms with van der Waals surface area (Å²) >= 11 is 0. The molecule has 1 N–H and O–H groups in total. The van der Waals surface area contributed by atoms with E-state index in [-0.39, 0.29) is 11.8 Å². The maximum Gasteiger partial charge on any atom is 0.181 e. The van der Waals surface area contributed by atoms with Gasteiger partial charge in [-0.05, 0) is 18.1 Å². The summed E-state index contributed by atoms with van der Waals surface area (Å²) in [5.74, 6) is -1.27. The first-order valence-electron chi connectivity index (χ1n) is 9.48. The lowest BCUT2D eigenvalue weighted by Gasteiger charge is -2.34. The third kappa shape index (κ3) is 2.24. The molecule has 3 heterocycles. The van der Waals surface area contributed by atoms with E-state index in [1.54, 1.807) is 12.1 Å². The number of ketones is 1. The SMILES string of the molecule is N#C[C@@H]1[C@H](C#N)[C@H](C(=O)c2ccccc2)N2CCc3c([nH]c4ccccc34)[C@H]12. The Bertz CT molecular complexity index is 1150. The van der Waals surface area contributed by atoms with E-state index in [1.807, 2.05) is 36.4 Å². The fourth-order valence-corrected chi connectivity index (χ4v) is 4.97. The molecule has 1 aromatic heterocycles. The van der Waals surface area contributed by atoms with Crippen LogP contribution >= 0.6 is 0 Å². The first-order valence-corrected chi connectivity index (χ1v) is 9.48. The monoisotopic (exact) mass is 366 g/mol. The Balaban J connectivity index is 1.64. The van der Waals surface area contributed by atoms with E-state index in [9.17, 15) is 15.3 Å². The van der Waals surface area contributed by atoms with Gasteiger partial charge >= 0.3 is 0 Å². The molecule has 5 heteroatoms. The Hall–Kier alpha value is -3.41. The summed E-state index contributed by atoms with van der Waals surface area (Å²) < 4.78 is 0. The van der Waals surface area contributed by atoms with Crippen LogP contribution in [0.1, 0.15) is 27.7 Å². The predicted molar refractivity (Wildman–Crippen MR) is 104 cm³/mol. The smallest absolute Gasteiger partial charge is 0.181 e. The number of carbonyl (C=O) groups is 1. The number of hydrogen-bond donors (Lipinski definition) is 1. The van der Waals surface area contributed by atoms with Crippen LogP contribution in [0.5, 0.6) is 0 Å². The van der Waals surface area contributed by atoms with Crippen molar-refractivity contribution in [1.29, 1.82) is 10.5 Å². The van der Waals surface area contributed by atoms with E-state index in [1.165, 1.54) is 10.9 Å². The molecular formula is C23H18N4O. The molecule has 28 heavy (non-hydrogen) atoms. The largest absolute Gasteiger partial charge is 0.357 e. The molecule has 2 aromatic carbocycles. The highest BCUT2D eigenvalue weighted by Gasteiger charge is 2.55. The molecule has 3 aromatic rings. The van der Waals surface area contributed by atoms with E-state index in [0.29, 0.717) is 12.1 Å². The van der Waals surface area contributed by atoms with Gasteiger partial charge in [-0.2, -0.15) is 10.5 Å². The fourth-order valence-electron chi connectivity index (χ4n) is 4.97. The van der Waals surface area contributed by atoms with Crippen LogP contribution in [-0.4, -0.2) is 28.3 Å². The van der Waals surface area contributed by atoms with Crippen molar-refractivity contribution in [3.8, 4) is 12.1 Å². The van der Waals surface area contributed by atoms with Gasteiger partial charge < -0.3 is 4.98 Å². The number of carbonyl (C=O) groups excluding carboxylic acids is 1. The maximum absolute atomic E-state index is 13.3. The van der Waals surface area contributed by atoms with Crippen molar-refractivity contribution in [3.63, 3.8) is 0 Å². The van der Waals surface area contributed by atoms with Gasteiger partial charge in [-0.1, -0.05) is 48.5 Å². The van der Waals surface area contributed by atoms with Crippen LogP contribution in [0.4, 0.5) is 0 Å². The highest BCUT2D eigenvalue weighted by Crippen LogP contribution is 2.49. The number of nitrogens with one attached hydrogen (secondary N) is 1. The van der Waals surface area contributed by atoms with Gasteiger partial charge in [0.05, 0.1) is 36.1 Å². The molecule has 136 valence electrons. The second-order valence-electron chi connectivity index (χ2n) is 7.48. The molecule has 2 aliphatic rings. The summed E-state index contributed by atoms with van der Waals surface area (Å²) in [6.45, 7) is 0.666. The number of aromatic nitrogens is 1. The lowest BCUT2D eigenvalue weighted by molar-refractivity contribution is 0.0802. The molecule has 0 spiro atoms. The molecule has 2 aliphatic heterocycles. The molecule has 5 rings (SSSR count). The molecule has 0 radical (unpaired) electrons. The van der Waals surface area contributed by atoms with Crippen molar-refractivity contribution in [2.24, 2.45) is 11.8 Å². The number of H-pyrrole nitrogens is 1. The number of rotatable bonds is 2. The molecule has 0 amide bonds. The zero-order valence-corrected chi connectivity index (χ0v) is 15.2. The average Bonchev–Trinajstić information content (AvgIpc) is 3.28. The van der Waals surface area contributed by atoms with Gasteiger partial charge in [0, 0.05) is 28.7 Å². The van der Waals surface area contributed by atoms with Crippen molar-refractivity contribution in [2.75, 3.05) is 6.54 Å². The lowest BCUT2D eigenvalue weighted by atomic mass is 9.85. The Kier molecular flexibility index (Phi) is 3.79. The number of para-hydroxylation sites is 1. The van der Waals surface area contributed by atoms with Crippen LogP contribution in [0.25, 0.3) is 10.9 Å². The van der Waals surface area contributed by atoms with E-state index < -0.39 is 17.9 Å². The first-order chi connectivity index (χ1) is 13.7. The summed E-state index contributed by atoms with van der Waals surface area (Å²) in [5.41, 5.74) is 3.83. The van der Waals surface area contributed by atoms with Crippen molar-refractivity contribution in [1.82, 2.24) is 9.88 Å². The summed E-state index contributed by atoms with van der Waals surface area (Å²) in [4.78, 5) is 18.9. The quantitative estimate of drug-likeness (QED) is 0.702. The molecule has 1 fully saturated rings. The summed E-state index contributed by atoms with van der Waals surface area (Å²) in [5, 5.41) is 21.0. The second kappa shape index (κ2) is 6.34. The zero-order valence-electron chi connectivity index (χ0n) is 15.2. The molecule has 0 bridgehead atoms. The number of benzene rings is 2. The van der Waals surface area contributed by atoms with Crippen LogP contribution in [0.15, 0.2) is 54.6 Å². The van der Waals surface area contributed by atoms with Crippen molar-refractivity contribution >= 4 is 16.7 Å². The number of nitriles is 2. The Morgan fingerprint density at radius 2 is 1.71 bits per heavy atom. The summed E-state index contributed by atoms with van der Waals surface area (Å²) in [7, 11) is 0. The normalized spacial score (nSPS) is 26.2. The number of fused-ring (bicyclic) bond motifs is 5. The average molecular weight is 366 g/mol. The standard InChI is InChI=1S/C23H18N4O/c24-12-17-18(13-25)22(23(28)14-6-2-1-3-7-14)27-11-10-16-15-8-4-5-9-19(15)26-20(16)21(17)27/h1-9,17-18,21-22,26H,10-11H2/t17-,18+,21+,22-/m1/s1. The summed E-state index contributed by atoms with van der Waals surface area (Å²) in [6.07, 6.45) is 0.796. The maximum atomic E-state index is 13.3. The van der Waals surface area contributed by atoms with Crippen molar-refractivity contribution in [3.05, 3.63) is 71.4 Å². The van der Waals surface area contributed by atoms with Crippen LogP contribution in [0.2, 0.25) is 0 Å². The van der Waals surface area contributed by atoms with Crippen molar-refractivity contribution < 1.29 is 4.79 Å². The van der Waals surface area contributed by atoms with Crippen LogP contribution in [-0.2, 0) is 6.42 Å². The molecule has 1 saturated heterocycles. The van der Waals surface area contributed by atoms with Gasteiger partial charge in [-0.3, -0.25) is 9.69 Å². The predicted octanol–water partition coefficient (Wildman–Crippen LogP) is 3.61.